The van der Waals surface area contributed by atoms with Crippen molar-refractivity contribution in [2.75, 3.05) is 0 Å². The van der Waals surface area contributed by atoms with Crippen LogP contribution in [0.5, 0.6) is 0 Å². The first-order valence-electron chi connectivity index (χ1n) is 5.70. The predicted molar refractivity (Wildman–Crippen MR) is 73.4 cm³/mol. The second-order valence-corrected chi connectivity index (χ2v) is 4.95. The van der Waals surface area contributed by atoms with E-state index in [1.54, 1.807) is 18.2 Å². The smallest absolute Gasteiger partial charge is 0.193 e. The Bertz CT molecular complexity index is 555. The van der Waals surface area contributed by atoms with Crippen molar-refractivity contribution >= 4 is 21.7 Å². The van der Waals surface area contributed by atoms with Crippen molar-refractivity contribution in [2.45, 2.75) is 13.3 Å². The Labute approximate surface area is 114 Å². The lowest BCUT2D eigenvalue weighted by molar-refractivity contribution is 0.103. The molecule has 0 aliphatic rings. The molecule has 18 heavy (non-hydrogen) atoms. The van der Waals surface area contributed by atoms with Gasteiger partial charge in [0, 0.05) is 15.6 Å². The zero-order valence-electron chi connectivity index (χ0n) is 9.91. The molecule has 0 unspecified atom stereocenters. The number of hydrogen-bond acceptors (Lipinski definition) is 1. The van der Waals surface area contributed by atoms with Gasteiger partial charge in [-0.15, -0.1) is 0 Å². The standard InChI is InChI=1S/C15H12BrFO/c1-2-10-3-5-11(6-4-10)15(18)12-7-13(16)9-14(17)8-12/h3-9H,2H2,1H3. The van der Waals surface area contributed by atoms with E-state index in [1.807, 2.05) is 12.1 Å². The van der Waals surface area contributed by atoms with Crippen LogP contribution < -0.4 is 0 Å². The Morgan fingerprint density at radius 2 is 1.78 bits per heavy atom. The van der Waals surface area contributed by atoms with E-state index >= 15 is 0 Å². The predicted octanol–water partition coefficient (Wildman–Crippen LogP) is 4.38. The highest BCUT2D eigenvalue weighted by molar-refractivity contribution is 9.10. The highest BCUT2D eigenvalue weighted by Crippen LogP contribution is 2.18. The van der Waals surface area contributed by atoms with E-state index in [2.05, 4.69) is 22.9 Å². The number of aryl methyl sites for hydroxylation is 1. The van der Waals surface area contributed by atoms with Gasteiger partial charge in [0.1, 0.15) is 5.82 Å². The Kier molecular flexibility index (Phi) is 3.92. The van der Waals surface area contributed by atoms with Crippen LogP contribution in [-0.2, 0) is 6.42 Å². The van der Waals surface area contributed by atoms with E-state index < -0.39 is 5.82 Å². The molecule has 0 saturated carbocycles. The molecule has 0 aliphatic heterocycles. The first-order chi connectivity index (χ1) is 8.60. The van der Waals surface area contributed by atoms with Gasteiger partial charge >= 0.3 is 0 Å². The fourth-order valence-electron chi connectivity index (χ4n) is 1.74. The van der Waals surface area contributed by atoms with Crippen molar-refractivity contribution in [1.29, 1.82) is 0 Å². The summed E-state index contributed by atoms with van der Waals surface area (Å²) < 4.78 is 13.8. The molecule has 2 aromatic carbocycles. The summed E-state index contributed by atoms with van der Waals surface area (Å²) in [4.78, 5) is 12.2. The number of ketones is 1. The van der Waals surface area contributed by atoms with Crippen molar-refractivity contribution in [3.63, 3.8) is 0 Å². The van der Waals surface area contributed by atoms with Crippen molar-refractivity contribution in [3.05, 3.63) is 69.4 Å². The average Bonchev–Trinajstić information content (AvgIpc) is 2.37. The number of rotatable bonds is 3. The molecule has 0 radical (unpaired) electrons. The first-order valence-corrected chi connectivity index (χ1v) is 6.49. The van der Waals surface area contributed by atoms with Gasteiger partial charge in [0.25, 0.3) is 0 Å². The molecule has 1 nitrogen and oxygen atoms in total. The van der Waals surface area contributed by atoms with Gasteiger partial charge in [-0.25, -0.2) is 4.39 Å². The fourth-order valence-corrected chi connectivity index (χ4v) is 2.21. The topological polar surface area (TPSA) is 17.1 Å². The molecule has 0 N–H and O–H groups in total. The van der Waals surface area contributed by atoms with Crippen LogP contribution in [0.4, 0.5) is 4.39 Å². The van der Waals surface area contributed by atoms with E-state index in [1.165, 1.54) is 17.7 Å². The third-order valence-electron chi connectivity index (χ3n) is 2.75. The van der Waals surface area contributed by atoms with Gasteiger partial charge < -0.3 is 0 Å². The molecule has 0 aliphatic carbocycles. The van der Waals surface area contributed by atoms with Crippen LogP contribution in [0.1, 0.15) is 28.4 Å². The van der Waals surface area contributed by atoms with Crippen LogP contribution in [0.15, 0.2) is 46.9 Å². The highest BCUT2D eigenvalue weighted by Gasteiger charge is 2.10. The van der Waals surface area contributed by atoms with Crippen molar-refractivity contribution in [1.82, 2.24) is 0 Å². The Hall–Kier alpha value is -1.48. The molecule has 0 saturated heterocycles. The second kappa shape index (κ2) is 5.44. The number of halogens is 2. The molecule has 0 atom stereocenters. The van der Waals surface area contributed by atoms with Gasteiger partial charge in [-0.2, -0.15) is 0 Å². The monoisotopic (exact) mass is 306 g/mol. The van der Waals surface area contributed by atoms with Gasteiger partial charge in [0.2, 0.25) is 0 Å². The summed E-state index contributed by atoms with van der Waals surface area (Å²) in [5.41, 5.74) is 2.10. The fraction of sp³-hybridized carbons (Fsp3) is 0.133. The average molecular weight is 307 g/mol. The molecular weight excluding hydrogens is 295 g/mol. The summed E-state index contributed by atoms with van der Waals surface area (Å²) in [6.45, 7) is 2.06. The van der Waals surface area contributed by atoms with Crippen LogP contribution in [0.3, 0.4) is 0 Å². The third-order valence-corrected chi connectivity index (χ3v) is 3.21. The molecule has 0 fully saturated rings. The van der Waals surface area contributed by atoms with Crippen LogP contribution in [-0.4, -0.2) is 5.78 Å². The molecule has 3 heteroatoms. The summed E-state index contributed by atoms with van der Waals surface area (Å²) in [6.07, 6.45) is 0.931. The third kappa shape index (κ3) is 2.85. The minimum Gasteiger partial charge on any atom is -0.289 e. The molecule has 0 aromatic heterocycles. The maximum absolute atomic E-state index is 13.2. The summed E-state index contributed by atoms with van der Waals surface area (Å²) in [5.74, 6) is -0.587. The van der Waals surface area contributed by atoms with E-state index in [4.69, 9.17) is 0 Å². The maximum Gasteiger partial charge on any atom is 0.193 e. The summed E-state index contributed by atoms with van der Waals surface area (Å²) in [5, 5.41) is 0. The Morgan fingerprint density at radius 3 is 2.33 bits per heavy atom. The van der Waals surface area contributed by atoms with Crippen molar-refractivity contribution < 1.29 is 9.18 Å². The number of carbonyl (C=O) groups is 1. The zero-order chi connectivity index (χ0) is 13.1. The van der Waals surface area contributed by atoms with Crippen molar-refractivity contribution in [2.24, 2.45) is 0 Å². The first kappa shape index (κ1) is 13.0. The molecule has 0 amide bonds. The molecule has 0 spiro atoms. The molecule has 0 heterocycles. The summed E-state index contributed by atoms with van der Waals surface area (Å²) in [6, 6.07) is 11.6. The van der Waals surface area contributed by atoms with Crippen LogP contribution in [0.25, 0.3) is 0 Å². The normalized spacial score (nSPS) is 10.4. The minimum atomic E-state index is -0.419. The van der Waals surface area contributed by atoms with Gasteiger partial charge in [-0.1, -0.05) is 47.1 Å². The van der Waals surface area contributed by atoms with Gasteiger partial charge in [-0.3, -0.25) is 4.79 Å². The molecule has 0 bridgehead atoms. The Balaban J connectivity index is 2.34. The highest BCUT2D eigenvalue weighted by atomic mass is 79.9. The number of benzene rings is 2. The van der Waals surface area contributed by atoms with Crippen LogP contribution in [0, 0.1) is 5.82 Å². The lowest BCUT2D eigenvalue weighted by atomic mass is 10.0. The van der Waals surface area contributed by atoms with E-state index in [9.17, 15) is 9.18 Å². The SMILES string of the molecule is CCc1ccc(C(=O)c2cc(F)cc(Br)c2)cc1. The Morgan fingerprint density at radius 1 is 1.11 bits per heavy atom. The van der Waals surface area contributed by atoms with Gasteiger partial charge in [0.05, 0.1) is 0 Å². The van der Waals surface area contributed by atoms with Gasteiger partial charge in [-0.05, 0) is 30.2 Å². The number of carbonyl (C=O) groups excluding carboxylic acids is 1. The summed E-state index contributed by atoms with van der Waals surface area (Å²) in [7, 11) is 0. The van der Waals surface area contributed by atoms with E-state index in [0.29, 0.717) is 15.6 Å². The largest absolute Gasteiger partial charge is 0.289 e. The summed E-state index contributed by atoms with van der Waals surface area (Å²) >= 11 is 3.18. The lowest BCUT2D eigenvalue weighted by Crippen LogP contribution is -2.02. The second-order valence-electron chi connectivity index (χ2n) is 4.04. The van der Waals surface area contributed by atoms with Gasteiger partial charge in [0.15, 0.2) is 5.78 Å². The zero-order valence-corrected chi connectivity index (χ0v) is 11.5. The maximum atomic E-state index is 13.2. The van der Waals surface area contributed by atoms with Crippen LogP contribution >= 0.6 is 15.9 Å². The molecular formula is C15H12BrFO. The number of hydrogen-bond donors (Lipinski definition) is 0. The van der Waals surface area contributed by atoms with Crippen molar-refractivity contribution in [3.8, 4) is 0 Å². The molecule has 92 valence electrons. The minimum absolute atomic E-state index is 0.169. The molecule has 2 rings (SSSR count). The van der Waals surface area contributed by atoms with E-state index in [0.717, 1.165) is 6.42 Å². The van der Waals surface area contributed by atoms with Crippen LogP contribution in [0.2, 0.25) is 0 Å². The molecule has 2 aromatic rings. The van der Waals surface area contributed by atoms with E-state index in [-0.39, 0.29) is 5.78 Å². The lowest BCUT2D eigenvalue weighted by Gasteiger charge is -2.03. The quantitative estimate of drug-likeness (QED) is 0.769.